The van der Waals surface area contributed by atoms with Gasteiger partial charge in [-0.25, -0.2) is 0 Å². The first-order chi connectivity index (χ1) is 13.2. The van der Waals surface area contributed by atoms with E-state index in [0.717, 1.165) is 29.8 Å². The van der Waals surface area contributed by atoms with Gasteiger partial charge in [0.15, 0.2) is 0 Å². The molecule has 140 valence electrons. The largest absolute Gasteiger partial charge is 0.494 e. The zero-order valence-corrected chi connectivity index (χ0v) is 16.0. The molecule has 1 aliphatic heterocycles. The van der Waals surface area contributed by atoms with E-state index in [1.165, 1.54) is 16.6 Å². The summed E-state index contributed by atoms with van der Waals surface area (Å²) in [5, 5.41) is 1.29. The van der Waals surface area contributed by atoms with Gasteiger partial charge in [-0.2, -0.15) is 0 Å². The minimum Gasteiger partial charge on any atom is -0.494 e. The van der Waals surface area contributed by atoms with Crippen molar-refractivity contribution in [2.75, 3.05) is 13.2 Å². The number of benzene rings is 2. The minimum atomic E-state index is 0.0794. The van der Waals surface area contributed by atoms with Gasteiger partial charge in [0.25, 0.3) is 0 Å². The average Bonchev–Trinajstić information content (AvgIpc) is 3.07. The summed E-state index contributed by atoms with van der Waals surface area (Å²) < 4.78 is 5.69. The number of aromatic nitrogens is 1. The molecule has 1 aromatic heterocycles. The van der Waals surface area contributed by atoms with Gasteiger partial charge >= 0.3 is 0 Å². The van der Waals surface area contributed by atoms with Gasteiger partial charge in [-0.05, 0) is 49.9 Å². The third kappa shape index (κ3) is 3.32. The molecule has 2 aromatic carbocycles. The molecule has 1 unspecified atom stereocenters. The Morgan fingerprint density at radius 1 is 1.19 bits per heavy atom. The minimum absolute atomic E-state index is 0.0794. The van der Waals surface area contributed by atoms with Gasteiger partial charge in [-0.15, -0.1) is 0 Å². The van der Waals surface area contributed by atoms with Crippen LogP contribution in [0.2, 0.25) is 0 Å². The number of amides is 1. The van der Waals surface area contributed by atoms with Crippen molar-refractivity contribution in [1.82, 2.24) is 9.88 Å². The molecular weight excluding hydrogens is 336 g/mol. The van der Waals surface area contributed by atoms with Crippen LogP contribution in [0.1, 0.15) is 43.1 Å². The SMILES string of the molecule is CCOc1ccccc1CCC(=O)N1CCc2c([nH]c3ccccc23)C1C. The van der Waals surface area contributed by atoms with Crippen LogP contribution in [0.5, 0.6) is 5.75 Å². The van der Waals surface area contributed by atoms with Crippen LogP contribution in [0, 0.1) is 0 Å². The van der Waals surface area contributed by atoms with Gasteiger partial charge in [-0.3, -0.25) is 4.79 Å². The second-order valence-corrected chi connectivity index (χ2v) is 7.12. The number of hydrogen-bond donors (Lipinski definition) is 1. The van der Waals surface area contributed by atoms with E-state index >= 15 is 0 Å². The fourth-order valence-electron chi connectivity index (χ4n) is 4.16. The fraction of sp³-hybridized carbons (Fsp3) is 0.348. The topological polar surface area (TPSA) is 45.3 Å². The molecule has 1 amide bonds. The van der Waals surface area contributed by atoms with Crippen molar-refractivity contribution >= 4 is 16.8 Å². The predicted octanol–water partition coefficient (Wildman–Crippen LogP) is 4.65. The van der Waals surface area contributed by atoms with E-state index in [2.05, 4.69) is 30.1 Å². The second kappa shape index (κ2) is 7.47. The molecule has 4 heteroatoms. The standard InChI is InChI=1S/C23H26N2O2/c1-3-27-21-11-7-4-8-17(21)12-13-22(26)25-15-14-19-18-9-5-6-10-20(18)24-23(19)16(25)2/h4-11,16,24H,3,12-15H2,1-2H3. The van der Waals surface area contributed by atoms with Crippen molar-refractivity contribution in [2.24, 2.45) is 0 Å². The Bertz CT molecular complexity index is 960. The molecule has 1 N–H and O–H groups in total. The first kappa shape index (κ1) is 17.7. The number of fused-ring (bicyclic) bond motifs is 3. The smallest absolute Gasteiger partial charge is 0.223 e. The molecule has 0 spiro atoms. The number of aromatic amines is 1. The lowest BCUT2D eigenvalue weighted by Crippen LogP contribution is -2.38. The van der Waals surface area contributed by atoms with Crippen molar-refractivity contribution in [1.29, 1.82) is 0 Å². The number of rotatable bonds is 5. The molecule has 27 heavy (non-hydrogen) atoms. The molecule has 0 fully saturated rings. The predicted molar refractivity (Wildman–Crippen MR) is 108 cm³/mol. The highest BCUT2D eigenvalue weighted by Gasteiger charge is 2.30. The zero-order chi connectivity index (χ0) is 18.8. The molecule has 0 saturated carbocycles. The number of nitrogens with zero attached hydrogens (tertiary/aromatic N) is 1. The highest BCUT2D eigenvalue weighted by Crippen LogP contribution is 2.34. The fourth-order valence-corrected chi connectivity index (χ4v) is 4.16. The summed E-state index contributed by atoms with van der Waals surface area (Å²) in [5.41, 5.74) is 4.81. The van der Waals surface area contributed by atoms with Crippen LogP contribution in [0.4, 0.5) is 0 Å². The second-order valence-electron chi connectivity index (χ2n) is 7.12. The first-order valence-electron chi connectivity index (χ1n) is 9.78. The lowest BCUT2D eigenvalue weighted by atomic mass is 9.97. The van der Waals surface area contributed by atoms with Gasteiger partial charge in [0.05, 0.1) is 12.6 Å². The van der Waals surface area contributed by atoms with Crippen LogP contribution in [0.15, 0.2) is 48.5 Å². The maximum Gasteiger partial charge on any atom is 0.223 e. The lowest BCUT2D eigenvalue weighted by molar-refractivity contribution is -0.133. The molecule has 1 aliphatic rings. The number of aryl methyl sites for hydroxylation is 1. The van der Waals surface area contributed by atoms with Crippen LogP contribution in [-0.4, -0.2) is 28.9 Å². The van der Waals surface area contributed by atoms with E-state index in [9.17, 15) is 4.79 Å². The number of carbonyl (C=O) groups excluding carboxylic acids is 1. The maximum atomic E-state index is 12.9. The molecule has 0 bridgehead atoms. The molecule has 2 heterocycles. The third-order valence-electron chi connectivity index (χ3n) is 5.54. The van der Waals surface area contributed by atoms with Crippen LogP contribution < -0.4 is 4.74 Å². The summed E-state index contributed by atoms with van der Waals surface area (Å²) in [4.78, 5) is 18.5. The van der Waals surface area contributed by atoms with Gasteiger partial charge < -0.3 is 14.6 Å². The number of nitrogens with one attached hydrogen (secondary N) is 1. The van der Waals surface area contributed by atoms with E-state index in [1.54, 1.807) is 0 Å². The number of hydrogen-bond acceptors (Lipinski definition) is 2. The van der Waals surface area contributed by atoms with E-state index in [4.69, 9.17) is 4.74 Å². The summed E-state index contributed by atoms with van der Waals surface area (Å²) in [6.07, 6.45) is 2.12. The maximum absolute atomic E-state index is 12.9. The molecule has 4 nitrogen and oxygen atoms in total. The third-order valence-corrected chi connectivity index (χ3v) is 5.54. The van der Waals surface area contributed by atoms with Gasteiger partial charge in [-0.1, -0.05) is 36.4 Å². The Labute approximate surface area is 160 Å². The van der Waals surface area contributed by atoms with Crippen molar-refractivity contribution in [3.05, 3.63) is 65.4 Å². The normalized spacial score (nSPS) is 16.4. The molecule has 3 aromatic rings. The van der Waals surface area contributed by atoms with Crippen LogP contribution in [-0.2, 0) is 17.6 Å². The Morgan fingerprint density at radius 2 is 1.96 bits per heavy atom. The van der Waals surface area contributed by atoms with E-state index in [-0.39, 0.29) is 11.9 Å². The van der Waals surface area contributed by atoms with Gasteiger partial charge in [0, 0.05) is 29.6 Å². The first-order valence-corrected chi connectivity index (χ1v) is 9.78. The molecule has 4 rings (SSSR count). The number of para-hydroxylation sites is 2. The van der Waals surface area contributed by atoms with Crippen LogP contribution in [0.3, 0.4) is 0 Å². The highest BCUT2D eigenvalue weighted by molar-refractivity contribution is 5.86. The van der Waals surface area contributed by atoms with Crippen molar-refractivity contribution in [3.8, 4) is 5.75 Å². The summed E-state index contributed by atoms with van der Waals surface area (Å²) in [6, 6.07) is 16.5. The number of carbonyl (C=O) groups is 1. The number of H-pyrrole nitrogens is 1. The summed E-state index contributed by atoms with van der Waals surface area (Å²) >= 11 is 0. The number of ether oxygens (including phenoxy) is 1. The van der Waals surface area contributed by atoms with E-state index in [1.807, 2.05) is 42.2 Å². The van der Waals surface area contributed by atoms with Gasteiger partial charge in [0.1, 0.15) is 5.75 Å². The average molecular weight is 362 g/mol. The van der Waals surface area contributed by atoms with E-state index in [0.29, 0.717) is 19.4 Å². The van der Waals surface area contributed by atoms with Crippen molar-refractivity contribution in [2.45, 2.75) is 39.2 Å². The quantitative estimate of drug-likeness (QED) is 0.718. The Balaban J connectivity index is 1.49. The lowest BCUT2D eigenvalue weighted by Gasteiger charge is -2.33. The van der Waals surface area contributed by atoms with Crippen molar-refractivity contribution in [3.63, 3.8) is 0 Å². The molecule has 0 aliphatic carbocycles. The van der Waals surface area contributed by atoms with Gasteiger partial charge in [0.2, 0.25) is 5.91 Å². The van der Waals surface area contributed by atoms with Crippen LogP contribution in [0.25, 0.3) is 10.9 Å². The molecule has 1 atom stereocenters. The highest BCUT2D eigenvalue weighted by atomic mass is 16.5. The summed E-state index contributed by atoms with van der Waals surface area (Å²) in [5.74, 6) is 1.09. The Kier molecular flexibility index (Phi) is 4.88. The van der Waals surface area contributed by atoms with Crippen LogP contribution >= 0.6 is 0 Å². The summed E-state index contributed by atoms with van der Waals surface area (Å²) in [6.45, 7) is 5.52. The molecule has 0 radical (unpaired) electrons. The Hall–Kier alpha value is -2.75. The monoisotopic (exact) mass is 362 g/mol. The summed E-state index contributed by atoms with van der Waals surface area (Å²) in [7, 11) is 0. The molecule has 0 saturated heterocycles. The Morgan fingerprint density at radius 3 is 2.81 bits per heavy atom. The molecular formula is C23H26N2O2. The zero-order valence-electron chi connectivity index (χ0n) is 16.0. The van der Waals surface area contributed by atoms with Crippen molar-refractivity contribution < 1.29 is 9.53 Å². The van der Waals surface area contributed by atoms with E-state index < -0.39 is 0 Å².